The van der Waals surface area contributed by atoms with E-state index in [0.717, 1.165) is 16.8 Å². The average Bonchev–Trinajstić information content (AvgIpc) is 2.39. The fourth-order valence-corrected chi connectivity index (χ4v) is 1.80. The lowest BCUT2D eigenvalue weighted by Gasteiger charge is -2.11. The lowest BCUT2D eigenvalue weighted by atomic mass is 10.1. The molecule has 0 saturated carbocycles. The second kappa shape index (κ2) is 5.44. The summed E-state index contributed by atoms with van der Waals surface area (Å²) in [6.45, 7) is 2.34. The molecule has 2 aromatic rings. The number of carboxylic acid groups (broad SMARTS) is 1. The van der Waals surface area contributed by atoms with E-state index in [0.29, 0.717) is 6.54 Å². The Balaban J connectivity index is 2.17. The largest absolute Gasteiger partial charge is 0.508 e. The number of benzene rings is 2. The van der Waals surface area contributed by atoms with Gasteiger partial charge in [0.15, 0.2) is 0 Å². The number of hydrogen-bond acceptors (Lipinski definition) is 3. The van der Waals surface area contributed by atoms with Crippen molar-refractivity contribution in [1.82, 2.24) is 0 Å². The molecule has 2 aromatic carbocycles. The third kappa shape index (κ3) is 3.04. The molecular weight excluding hydrogens is 242 g/mol. The van der Waals surface area contributed by atoms with Crippen LogP contribution in [0.5, 0.6) is 5.75 Å². The standard InChI is InChI=1S/C15H15NO3/c1-10-6-7-11(15(18)19)8-13(10)16-9-12-4-2-3-5-14(12)17/h2-8,16-17H,9H2,1H3,(H,18,19). The Labute approximate surface area is 111 Å². The van der Waals surface area contributed by atoms with Crippen molar-refractivity contribution >= 4 is 11.7 Å². The lowest BCUT2D eigenvalue weighted by Crippen LogP contribution is -2.04. The first-order valence-electron chi connectivity index (χ1n) is 5.92. The molecular formula is C15H15NO3. The minimum Gasteiger partial charge on any atom is -0.508 e. The van der Waals surface area contributed by atoms with E-state index in [2.05, 4.69) is 5.32 Å². The summed E-state index contributed by atoms with van der Waals surface area (Å²) >= 11 is 0. The Hall–Kier alpha value is -2.49. The summed E-state index contributed by atoms with van der Waals surface area (Å²) in [7, 11) is 0. The molecule has 0 aliphatic carbocycles. The van der Waals surface area contributed by atoms with Crippen molar-refractivity contribution in [1.29, 1.82) is 0 Å². The number of para-hydroxylation sites is 1. The SMILES string of the molecule is Cc1ccc(C(=O)O)cc1NCc1ccccc1O. The molecule has 0 amide bonds. The van der Waals surface area contributed by atoms with Crippen LogP contribution < -0.4 is 5.32 Å². The van der Waals surface area contributed by atoms with Crippen molar-refractivity contribution in [3.63, 3.8) is 0 Å². The smallest absolute Gasteiger partial charge is 0.335 e. The fraction of sp³-hybridized carbons (Fsp3) is 0.133. The van der Waals surface area contributed by atoms with Crippen LogP contribution in [0, 0.1) is 6.92 Å². The molecule has 0 heterocycles. The molecule has 4 nitrogen and oxygen atoms in total. The minimum atomic E-state index is -0.953. The monoisotopic (exact) mass is 257 g/mol. The Kier molecular flexibility index (Phi) is 3.71. The first kappa shape index (κ1) is 13.0. The predicted molar refractivity (Wildman–Crippen MR) is 73.6 cm³/mol. The van der Waals surface area contributed by atoms with Gasteiger partial charge in [-0.2, -0.15) is 0 Å². The van der Waals surface area contributed by atoms with Crippen molar-refractivity contribution in [2.75, 3.05) is 5.32 Å². The molecule has 0 spiro atoms. The van der Waals surface area contributed by atoms with Gasteiger partial charge >= 0.3 is 5.97 Å². The highest BCUT2D eigenvalue weighted by Crippen LogP contribution is 2.21. The van der Waals surface area contributed by atoms with E-state index in [1.54, 1.807) is 30.3 Å². The van der Waals surface area contributed by atoms with Crippen LogP contribution in [0.15, 0.2) is 42.5 Å². The number of aryl methyl sites for hydroxylation is 1. The van der Waals surface area contributed by atoms with Crippen molar-refractivity contribution in [2.24, 2.45) is 0 Å². The van der Waals surface area contributed by atoms with E-state index in [1.807, 2.05) is 19.1 Å². The summed E-state index contributed by atoms with van der Waals surface area (Å²) in [5.74, 6) is -0.729. The van der Waals surface area contributed by atoms with Gasteiger partial charge in [-0.15, -0.1) is 0 Å². The lowest BCUT2D eigenvalue weighted by molar-refractivity contribution is 0.0697. The predicted octanol–water partition coefficient (Wildman–Crippen LogP) is 3.01. The number of aromatic hydroxyl groups is 1. The number of carbonyl (C=O) groups is 1. The fourth-order valence-electron chi connectivity index (χ4n) is 1.80. The maximum absolute atomic E-state index is 10.9. The van der Waals surface area contributed by atoms with Gasteiger partial charge in [-0.05, 0) is 30.7 Å². The average molecular weight is 257 g/mol. The van der Waals surface area contributed by atoms with Gasteiger partial charge in [0.2, 0.25) is 0 Å². The van der Waals surface area contributed by atoms with E-state index in [4.69, 9.17) is 5.11 Å². The van der Waals surface area contributed by atoms with Crippen LogP contribution >= 0.6 is 0 Å². The van der Waals surface area contributed by atoms with Crippen LogP contribution in [0.1, 0.15) is 21.5 Å². The molecule has 2 rings (SSSR count). The topological polar surface area (TPSA) is 69.6 Å². The number of hydrogen-bond donors (Lipinski definition) is 3. The first-order chi connectivity index (χ1) is 9.08. The summed E-state index contributed by atoms with van der Waals surface area (Å²) in [4.78, 5) is 10.9. The van der Waals surface area contributed by atoms with Crippen LogP contribution in [0.4, 0.5) is 5.69 Å². The first-order valence-corrected chi connectivity index (χ1v) is 5.92. The quantitative estimate of drug-likeness (QED) is 0.787. The van der Waals surface area contributed by atoms with Crippen LogP contribution in [-0.2, 0) is 6.54 Å². The van der Waals surface area contributed by atoms with Crippen molar-refractivity contribution in [3.05, 3.63) is 59.2 Å². The number of phenolic OH excluding ortho intramolecular Hbond substituents is 1. The van der Waals surface area contributed by atoms with Crippen molar-refractivity contribution in [2.45, 2.75) is 13.5 Å². The molecule has 0 radical (unpaired) electrons. The van der Waals surface area contributed by atoms with Gasteiger partial charge in [0.1, 0.15) is 5.75 Å². The molecule has 0 saturated heterocycles. The molecule has 0 bridgehead atoms. The van der Waals surface area contributed by atoms with Crippen molar-refractivity contribution in [3.8, 4) is 5.75 Å². The molecule has 0 fully saturated rings. The summed E-state index contributed by atoms with van der Waals surface area (Å²) in [6.07, 6.45) is 0. The minimum absolute atomic E-state index is 0.224. The van der Waals surface area contributed by atoms with Gasteiger partial charge in [-0.25, -0.2) is 4.79 Å². The summed E-state index contributed by atoms with van der Waals surface area (Å²) in [6, 6.07) is 12.0. The molecule has 98 valence electrons. The Bertz CT molecular complexity index is 608. The summed E-state index contributed by atoms with van der Waals surface area (Å²) in [5.41, 5.74) is 2.72. The number of rotatable bonds is 4. The zero-order valence-corrected chi connectivity index (χ0v) is 10.6. The second-order valence-corrected chi connectivity index (χ2v) is 4.32. The summed E-state index contributed by atoms with van der Waals surface area (Å²) in [5, 5.41) is 21.8. The Morgan fingerprint density at radius 3 is 2.63 bits per heavy atom. The van der Waals surface area contributed by atoms with E-state index in [-0.39, 0.29) is 11.3 Å². The van der Waals surface area contributed by atoms with Gasteiger partial charge in [0.25, 0.3) is 0 Å². The molecule has 0 aliphatic rings. The second-order valence-electron chi connectivity index (χ2n) is 4.32. The van der Waals surface area contributed by atoms with Gasteiger partial charge in [0, 0.05) is 17.8 Å². The maximum Gasteiger partial charge on any atom is 0.335 e. The zero-order chi connectivity index (χ0) is 13.8. The van der Waals surface area contributed by atoms with E-state index >= 15 is 0 Å². The highest BCUT2D eigenvalue weighted by atomic mass is 16.4. The molecule has 4 heteroatoms. The number of anilines is 1. The molecule has 0 aliphatic heterocycles. The molecule has 0 unspecified atom stereocenters. The Morgan fingerprint density at radius 1 is 1.21 bits per heavy atom. The van der Waals surface area contributed by atoms with Gasteiger partial charge in [-0.1, -0.05) is 24.3 Å². The maximum atomic E-state index is 10.9. The van der Waals surface area contributed by atoms with Crippen LogP contribution in [0.3, 0.4) is 0 Å². The highest BCUT2D eigenvalue weighted by Gasteiger charge is 2.06. The number of nitrogens with one attached hydrogen (secondary N) is 1. The van der Waals surface area contributed by atoms with Gasteiger partial charge < -0.3 is 15.5 Å². The number of carboxylic acids is 1. The third-order valence-corrected chi connectivity index (χ3v) is 2.95. The number of aromatic carboxylic acids is 1. The molecule has 3 N–H and O–H groups in total. The van der Waals surface area contributed by atoms with E-state index in [9.17, 15) is 9.90 Å². The highest BCUT2D eigenvalue weighted by molar-refractivity contribution is 5.89. The Morgan fingerprint density at radius 2 is 1.95 bits per heavy atom. The van der Waals surface area contributed by atoms with E-state index in [1.165, 1.54) is 0 Å². The van der Waals surface area contributed by atoms with E-state index < -0.39 is 5.97 Å². The zero-order valence-electron chi connectivity index (χ0n) is 10.6. The van der Waals surface area contributed by atoms with Crippen molar-refractivity contribution < 1.29 is 15.0 Å². The molecule has 0 aromatic heterocycles. The van der Waals surface area contributed by atoms with Gasteiger partial charge in [0.05, 0.1) is 5.56 Å². The molecule has 19 heavy (non-hydrogen) atoms. The normalized spacial score (nSPS) is 10.2. The van der Waals surface area contributed by atoms with Crippen LogP contribution in [0.2, 0.25) is 0 Å². The number of phenols is 1. The third-order valence-electron chi connectivity index (χ3n) is 2.95. The summed E-state index contributed by atoms with van der Waals surface area (Å²) < 4.78 is 0. The van der Waals surface area contributed by atoms with Gasteiger partial charge in [-0.3, -0.25) is 0 Å². The molecule has 0 atom stereocenters. The van der Waals surface area contributed by atoms with Crippen LogP contribution in [-0.4, -0.2) is 16.2 Å². The van der Waals surface area contributed by atoms with Crippen LogP contribution in [0.25, 0.3) is 0 Å².